The predicted octanol–water partition coefficient (Wildman–Crippen LogP) is 2.32. The number of thiocarbonyl (C=S) groups is 1. The molecule has 24 heavy (non-hydrogen) atoms. The van der Waals surface area contributed by atoms with E-state index in [0.717, 1.165) is 23.7 Å². The predicted molar refractivity (Wildman–Crippen MR) is 103 cm³/mol. The second-order valence-corrected chi connectivity index (χ2v) is 7.92. The monoisotopic (exact) mass is 380 g/mol. The first-order valence-corrected chi connectivity index (χ1v) is 10.2. The lowest BCUT2D eigenvalue weighted by atomic mass is 10.1. The number of carboxylic acids is 1. The molecule has 0 unspecified atom stereocenters. The molecule has 1 fully saturated rings. The smallest absolute Gasteiger partial charge is 0.266 e. The summed E-state index contributed by atoms with van der Waals surface area (Å²) in [7, 11) is 0. The van der Waals surface area contributed by atoms with E-state index in [2.05, 4.69) is 6.92 Å². The number of hydrogen-bond acceptors (Lipinski definition) is 6. The molecular formula is C17H18NO3S3-. The van der Waals surface area contributed by atoms with Crippen LogP contribution in [0.1, 0.15) is 24.5 Å². The number of benzene rings is 1. The van der Waals surface area contributed by atoms with Crippen LogP contribution < -0.4 is 5.11 Å². The molecule has 1 saturated heterocycles. The molecule has 1 aromatic carbocycles. The van der Waals surface area contributed by atoms with Crippen LogP contribution in [-0.2, 0) is 16.0 Å². The molecule has 4 nitrogen and oxygen atoms in total. The number of carbonyl (C=O) groups is 2. The van der Waals surface area contributed by atoms with Crippen LogP contribution in [0.5, 0.6) is 0 Å². The van der Waals surface area contributed by atoms with Crippen molar-refractivity contribution in [2.45, 2.75) is 25.8 Å². The number of amides is 1. The summed E-state index contributed by atoms with van der Waals surface area (Å²) in [6.45, 7) is 2.08. The molecule has 1 aromatic rings. The topological polar surface area (TPSA) is 60.4 Å². The minimum absolute atomic E-state index is 0.270. The number of carbonyl (C=O) groups excluding carboxylic acids is 2. The highest BCUT2D eigenvalue weighted by molar-refractivity contribution is 8.26. The van der Waals surface area contributed by atoms with E-state index in [9.17, 15) is 14.7 Å². The molecule has 0 radical (unpaired) electrons. The average molecular weight is 381 g/mol. The molecule has 0 aliphatic carbocycles. The lowest BCUT2D eigenvalue weighted by Gasteiger charge is -2.27. The fraction of sp³-hybridized carbons (Fsp3) is 0.353. The van der Waals surface area contributed by atoms with Crippen molar-refractivity contribution in [3.8, 4) is 0 Å². The summed E-state index contributed by atoms with van der Waals surface area (Å²) < 4.78 is 0.270. The van der Waals surface area contributed by atoms with E-state index in [4.69, 9.17) is 12.2 Å². The first-order valence-electron chi connectivity index (χ1n) is 7.53. The molecule has 1 aliphatic rings. The fourth-order valence-corrected chi connectivity index (χ4v) is 4.15. The third kappa shape index (κ3) is 4.40. The molecular weight excluding hydrogens is 362 g/mol. The van der Waals surface area contributed by atoms with Crippen molar-refractivity contribution in [2.24, 2.45) is 0 Å². The van der Waals surface area contributed by atoms with E-state index in [1.54, 1.807) is 6.08 Å². The van der Waals surface area contributed by atoms with E-state index in [-0.39, 0.29) is 10.2 Å². The summed E-state index contributed by atoms with van der Waals surface area (Å²) in [4.78, 5) is 25.6. The van der Waals surface area contributed by atoms with Gasteiger partial charge in [0.15, 0.2) is 0 Å². The number of aliphatic carboxylic acids is 1. The molecule has 0 aromatic heterocycles. The van der Waals surface area contributed by atoms with E-state index in [0.29, 0.717) is 17.1 Å². The van der Waals surface area contributed by atoms with Gasteiger partial charge in [0.25, 0.3) is 5.91 Å². The number of thioether (sulfide) groups is 2. The van der Waals surface area contributed by atoms with E-state index in [1.807, 2.05) is 30.5 Å². The molecule has 1 heterocycles. The Morgan fingerprint density at radius 1 is 1.42 bits per heavy atom. The van der Waals surface area contributed by atoms with Crippen LogP contribution in [0.25, 0.3) is 6.08 Å². The van der Waals surface area contributed by atoms with E-state index < -0.39 is 12.0 Å². The van der Waals surface area contributed by atoms with Crippen molar-refractivity contribution in [2.75, 3.05) is 12.0 Å². The minimum atomic E-state index is -1.27. The molecule has 0 saturated carbocycles. The van der Waals surface area contributed by atoms with Gasteiger partial charge in [-0.05, 0) is 42.1 Å². The number of carboxylic acid groups (broad SMARTS) is 1. The first-order chi connectivity index (χ1) is 11.5. The van der Waals surface area contributed by atoms with Gasteiger partial charge in [0.2, 0.25) is 0 Å². The van der Waals surface area contributed by atoms with Crippen molar-refractivity contribution in [3.05, 3.63) is 40.3 Å². The van der Waals surface area contributed by atoms with Gasteiger partial charge in [0, 0.05) is 0 Å². The third-order valence-electron chi connectivity index (χ3n) is 3.69. The Hall–Kier alpha value is -1.31. The summed E-state index contributed by atoms with van der Waals surface area (Å²) >= 11 is 7.88. The highest BCUT2D eigenvalue weighted by Gasteiger charge is 2.37. The second-order valence-electron chi connectivity index (χ2n) is 5.26. The van der Waals surface area contributed by atoms with Crippen LogP contribution in [0.3, 0.4) is 0 Å². The summed E-state index contributed by atoms with van der Waals surface area (Å²) in [6, 6.07) is 6.88. The van der Waals surface area contributed by atoms with Gasteiger partial charge in [0.1, 0.15) is 4.32 Å². The van der Waals surface area contributed by atoms with Crippen molar-refractivity contribution < 1.29 is 14.7 Å². The highest BCUT2D eigenvalue weighted by Crippen LogP contribution is 2.34. The Bertz CT molecular complexity index is 670. The molecule has 0 bridgehead atoms. The van der Waals surface area contributed by atoms with Gasteiger partial charge in [0.05, 0.1) is 16.9 Å². The maximum atomic E-state index is 12.6. The van der Waals surface area contributed by atoms with Gasteiger partial charge in [-0.25, -0.2) is 0 Å². The zero-order chi connectivity index (χ0) is 17.7. The summed E-state index contributed by atoms with van der Waals surface area (Å²) in [5.74, 6) is -1.01. The molecule has 7 heteroatoms. The Kier molecular flexibility index (Phi) is 6.89. The summed E-state index contributed by atoms with van der Waals surface area (Å²) in [5.41, 5.74) is 2.11. The molecule has 1 aliphatic heterocycles. The van der Waals surface area contributed by atoms with E-state index in [1.165, 1.54) is 22.2 Å². The quantitative estimate of drug-likeness (QED) is 0.534. The summed E-state index contributed by atoms with van der Waals surface area (Å²) in [6.07, 6.45) is 4.90. The van der Waals surface area contributed by atoms with Crippen LogP contribution >= 0.6 is 35.7 Å². The van der Waals surface area contributed by atoms with Crippen LogP contribution in [0.2, 0.25) is 0 Å². The van der Waals surface area contributed by atoms with Crippen LogP contribution in [0.4, 0.5) is 0 Å². The van der Waals surface area contributed by atoms with Crippen LogP contribution in [-0.4, -0.2) is 39.1 Å². The van der Waals surface area contributed by atoms with E-state index >= 15 is 0 Å². The average Bonchev–Trinajstić information content (AvgIpc) is 2.83. The second kappa shape index (κ2) is 8.69. The largest absolute Gasteiger partial charge is 0.548 e. The van der Waals surface area contributed by atoms with Gasteiger partial charge in [-0.15, -0.1) is 0 Å². The van der Waals surface area contributed by atoms with Crippen molar-refractivity contribution in [3.63, 3.8) is 0 Å². The van der Waals surface area contributed by atoms with Gasteiger partial charge >= 0.3 is 0 Å². The zero-order valence-electron chi connectivity index (χ0n) is 13.5. The van der Waals surface area contributed by atoms with Crippen LogP contribution in [0, 0.1) is 0 Å². The van der Waals surface area contributed by atoms with Crippen LogP contribution in [0.15, 0.2) is 29.2 Å². The maximum Gasteiger partial charge on any atom is 0.266 e. The van der Waals surface area contributed by atoms with Crippen molar-refractivity contribution >= 4 is 58.0 Å². The SMILES string of the molecule is CCc1ccc(/C=C2\SC(=S)N([C@H](CCSC)C(=O)[O-])C2=O)cc1. The molecule has 1 atom stereocenters. The lowest BCUT2D eigenvalue weighted by Crippen LogP contribution is -2.50. The Morgan fingerprint density at radius 3 is 2.62 bits per heavy atom. The van der Waals surface area contributed by atoms with Gasteiger partial charge < -0.3 is 9.90 Å². The number of rotatable bonds is 7. The normalized spacial score (nSPS) is 17.6. The molecule has 0 N–H and O–H groups in total. The molecule has 0 spiro atoms. The Morgan fingerprint density at radius 2 is 2.08 bits per heavy atom. The first kappa shape index (κ1) is 19.0. The Labute approximate surface area is 155 Å². The highest BCUT2D eigenvalue weighted by atomic mass is 32.2. The van der Waals surface area contributed by atoms with Gasteiger partial charge in [-0.2, -0.15) is 11.8 Å². The van der Waals surface area contributed by atoms with Gasteiger partial charge in [-0.1, -0.05) is 55.2 Å². The third-order valence-corrected chi connectivity index (χ3v) is 5.66. The van der Waals surface area contributed by atoms with Crippen molar-refractivity contribution in [1.82, 2.24) is 4.90 Å². The van der Waals surface area contributed by atoms with Crippen molar-refractivity contribution in [1.29, 1.82) is 0 Å². The lowest BCUT2D eigenvalue weighted by molar-refractivity contribution is -0.310. The minimum Gasteiger partial charge on any atom is -0.548 e. The molecule has 128 valence electrons. The number of nitrogens with zero attached hydrogens (tertiary/aromatic N) is 1. The standard InChI is InChI=1S/C17H19NO3S3/c1-3-11-4-6-12(7-5-11)10-14-15(19)18(17(22)24-14)13(16(20)21)8-9-23-2/h4-7,10,13H,3,8-9H2,1-2H3,(H,20,21)/p-1/b14-10-/t13-/m1/s1. The zero-order valence-corrected chi connectivity index (χ0v) is 15.9. The molecule has 2 rings (SSSR count). The number of hydrogen-bond donors (Lipinski definition) is 0. The molecule has 1 amide bonds. The summed E-state index contributed by atoms with van der Waals surface area (Å²) in [5, 5.41) is 11.4. The maximum absolute atomic E-state index is 12.6. The van der Waals surface area contributed by atoms with Gasteiger partial charge in [-0.3, -0.25) is 9.69 Å². The number of aryl methyl sites for hydroxylation is 1. The fourth-order valence-electron chi connectivity index (χ4n) is 2.33. The Balaban J connectivity index is 2.23.